The molecule has 2 aromatic rings. The summed E-state index contributed by atoms with van der Waals surface area (Å²) in [5.41, 5.74) is 0.575. The minimum Gasteiger partial charge on any atom is -0.481 e. The number of aromatic carboxylic acids is 1. The van der Waals surface area contributed by atoms with Crippen LogP contribution in [0.4, 0.5) is 0 Å². The molecule has 0 radical (unpaired) electrons. The van der Waals surface area contributed by atoms with Crippen LogP contribution in [0.1, 0.15) is 16.8 Å². The number of rotatable bonds is 6. The summed E-state index contributed by atoms with van der Waals surface area (Å²) in [4.78, 5) is 36.4. The average Bonchev–Trinajstić information content (AvgIpc) is 2.78. The Balaban J connectivity index is 2.27. The van der Waals surface area contributed by atoms with Crippen molar-refractivity contribution in [1.29, 1.82) is 0 Å². The first-order valence-electron chi connectivity index (χ1n) is 5.62. The van der Waals surface area contributed by atoms with Crippen molar-refractivity contribution >= 4 is 40.8 Å². The summed E-state index contributed by atoms with van der Waals surface area (Å²) < 4.78 is 5.27. The van der Waals surface area contributed by atoms with Gasteiger partial charge in [0.25, 0.3) is 5.22 Å². The molecule has 1 unspecified atom stereocenters. The molecule has 0 bridgehead atoms. The number of hydrogen-bond acceptors (Lipinski definition) is 6. The predicted molar refractivity (Wildman–Crippen MR) is 70.5 cm³/mol. The molecule has 1 atom stereocenters. The third-order valence-corrected chi connectivity index (χ3v) is 3.52. The predicted octanol–water partition coefficient (Wildman–Crippen LogP) is 1.55. The van der Waals surface area contributed by atoms with Gasteiger partial charge in [0.2, 0.25) is 0 Å². The third kappa shape index (κ3) is 3.51. The lowest BCUT2D eigenvalue weighted by atomic mass is 10.2. The number of aliphatic carboxylic acids is 2. The van der Waals surface area contributed by atoms with E-state index in [2.05, 4.69) is 4.98 Å². The molecule has 0 amide bonds. The van der Waals surface area contributed by atoms with Crippen molar-refractivity contribution in [3.05, 3.63) is 23.8 Å². The van der Waals surface area contributed by atoms with Crippen molar-refractivity contribution < 1.29 is 34.1 Å². The topological polar surface area (TPSA) is 138 Å². The van der Waals surface area contributed by atoms with E-state index in [9.17, 15) is 14.4 Å². The largest absolute Gasteiger partial charge is 0.481 e. The zero-order valence-corrected chi connectivity index (χ0v) is 11.2. The SMILES string of the molecule is O=C(O)CC(Sc1nc2cc(C(=O)O)ccc2o1)C(=O)O. The molecule has 3 N–H and O–H groups in total. The Bertz CT molecular complexity index is 723. The van der Waals surface area contributed by atoms with Crippen LogP contribution in [0.15, 0.2) is 27.8 Å². The normalized spacial score (nSPS) is 12.2. The van der Waals surface area contributed by atoms with Crippen molar-refractivity contribution in [3.8, 4) is 0 Å². The van der Waals surface area contributed by atoms with Gasteiger partial charge in [0, 0.05) is 0 Å². The standard InChI is InChI=1S/C12H9NO7S/c14-9(15)4-8(11(18)19)21-12-13-6-3-5(10(16)17)1-2-7(6)20-12/h1-3,8H,4H2,(H,14,15)(H,16,17)(H,18,19). The van der Waals surface area contributed by atoms with Gasteiger partial charge in [-0.2, -0.15) is 0 Å². The van der Waals surface area contributed by atoms with Crippen LogP contribution >= 0.6 is 11.8 Å². The number of nitrogens with zero attached hydrogens (tertiary/aromatic N) is 1. The molecule has 0 spiro atoms. The van der Waals surface area contributed by atoms with E-state index in [4.69, 9.17) is 19.7 Å². The van der Waals surface area contributed by atoms with E-state index >= 15 is 0 Å². The summed E-state index contributed by atoms with van der Waals surface area (Å²) in [6.07, 6.45) is -0.584. The molecule has 9 heteroatoms. The lowest BCUT2D eigenvalue weighted by Crippen LogP contribution is -2.20. The highest BCUT2D eigenvalue weighted by Crippen LogP contribution is 2.29. The molecule has 8 nitrogen and oxygen atoms in total. The van der Waals surface area contributed by atoms with Crippen molar-refractivity contribution in [2.24, 2.45) is 0 Å². The van der Waals surface area contributed by atoms with Crippen LogP contribution in [-0.2, 0) is 9.59 Å². The molecule has 1 aromatic carbocycles. The van der Waals surface area contributed by atoms with E-state index in [1.165, 1.54) is 18.2 Å². The summed E-state index contributed by atoms with van der Waals surface area (Å²) in [6.45, 7) is 0. The Kier molecular flexibility index (Phi) is 4.13. The Morgan fingerprint density at radius 1 is 1.24 bits per heavy atom. The number of benzene rings is 1. The van der Waals surface area contributed by atoms with E-state index in [-0.39, 0.29) is 16.3 Å². The van der Waals surface area contributed by atoms with E-state index in [1.54, 1.807) is 0 Å². The third-order valence-electron chi connectivity index (χ3n) is 2.49. The zero-order valence-electron chi connectivity index (χ0n) is 10.3. The van der Waals surface area contributed by atoms with Gasteiger partial charge in [0.1, 0.15) is 10.8 Å². The fraction of sp³-hybridized carbons (Fsp3) is 0.167. The highest BCUT2D eigenvalue weighted by molar-refractivity contribution is 8.00. The maximum Gasteiger partial charge on any atom is 0.335 e. The van der Waals surface area contributed by atoms with Crippen molar-refractivity contribution in [2.45, 2.75) is 16.9 Å². The summed E-state index contributed by atoms with van der Waals surface area (Å²) >= 11 is 0.660. The molecule has 2 rings (SSSR count). The number of aromatic nitrogens is 1. The molecule has 1 aromatic heterocycles. The van der Waals surface area contributed by atoms with Crippen LogP contribution in [0, 0.1) is 0 Å². The summed E-state index contributed by atoms with van der Waals surface area (Å²) in [5, 5.41) is 25.2. The molecule has 0 aliphatic carbocycles. The first-order chi connectivity index (χ1) is 9.86. The van der Waals surface area contributed by atoms with Crippen molar-refractivity contribution in [3.63, 3.8) is 0 Å². The van der Waals surface area contributed by atoms with Gasteiger partial charge in [0.15, 0.2) is 5.58 Å². The van der Waals surface area contributed by atoms with E-state index in [1.807, 2.05) is 0 Å². The summed E-state index contributed by atoms with van der Waals surface area (Å²) in [6, 6.07) is 4.03. The molecule has 0 saturated heterocycles. The molecule has 0 fully saturated rings. The molecule has 21 heavy (non-hydrogen) atoms. The number of hydrogen-bond donors (Lipinski definition) is 3. The smallest absolute Gasteiger partial charge is 0.335 e. The van der Waals surface area contributed by atoms with Gasteiger partial charge in [-0.25, -0.2) is 9.78 Å². The quantitative estimate of drug-likeness (QED) is 0.678. The number of carboxylic acid groups (broad SMARTS) is 3. The van der Waals surface area contributed by atoms with E-state index in [0.29, 0.717) is 17.3 Å². The fourth-order valence-electron chi connectivity index (χ4n) is 1.55. The number of carboxylic acids is 3. The van der Waals surface area contributed by atoms with Gasteiger partial charge < -0.3 is 19.7 Å². The first kappa shape index (κ1) is 14.9. The van der Waals surface area contributed by atoms with Crippen LogP contribution in [0.5, 0.6) is 0 Å². The van der Waals surface area contributed by atoms with Gasteiger partial charge in [0.05, 0.1) is 12.0 Å². The molecular weight excluding hydrogens is 302 g/mol. The van der Waals surface area contributed by atoms with E-state index in [0.717, 1.165) is 0 Å². The molecule has 0 saturated carbocycles. The van der Waals surface area contributed by atoms with Gasteiger partial charge in [-0.05, 0) is 18.2 Å². The second-order valence-corrected chi connectivity index (χ2v) is 5.16. The van der Waals surface area contributed by atoms with Crippen molar-refractivity contribution in [2.75, 3.05) is 0 Å². The number of oxazole rings is 1. The van der Waals surface area contributed by atoms with Crippen LogP contribution in [0.2, 0.25) is 0 Å². The second-order valence-electron chi connectivity index (χ2n) is 4.01. The van der Waals surface area contributed by atoms with Gasteiger partial charge in [-0.3, -0.25) is 9.59 Å². The lowest BCUT2D eigenvalue weighted by Gasteiger charge is -2.05. The Morgan fingerprint density at radius 2 is 1.95 bits per heavy atom. The number of carbonyl (C=O) groups is 3. The summed E-state index contributed by atoms with van der Waals surface area (Å²) in [7, 11) is 0. The fourth-order valence-corrected chi connectivity index (χ4v) is 2.41. The minimum atomic E-state index is -1.30. The Labute approximate surface area is 121 Å². The second kappa shape index (κ2) is 5.83. The van der Waals surface area contributed by atoms with Crippen LogP contribution in [-0.4, -0.2) is 43.5 Å². The lowest BCUT2D eigenvalue weighted by molar-refractivity contribution is -0.142. The highest BCUT2D eigenvalue weighted by atomic mass is 32.2. The van der Waals surface area contributed by atoms with E-state index < -0.39 is 29.6 Å². The molecule has 0 aliphatic heterocycles. The number of thioether (sulfide) groups is 1. The van der Waals surface area contributed by atoms with Crippen LogP contribution < -0.4 is 0 Å². The Hall–Kier alpha value is -2.55. The maximum atomic E-state index is 11.0. The summed E-state index contributed by atoms with van der Waals surface area (Å²) in [5.74, 6) is -3.67. The van der Waals surface area contributed by atoms with Crippen LogP contribution in [0.25, 0.3) is 11.1 Å². The van der Waals surface area contributed by atoms with Crippen molar-refractivity contribution in [1.82, 2.24) is 4.98 Å². The number of fused-ring (bicyclic) bond motifs is 1. The zero-order chi connectivity index (χ0) is 15.6. The molecular formula is C12H9NO7S. The maximum absolute atomic E-state index is 11.0. The minimum absolute atomic E-state index is 0.0210. The molecule has 0 aliphatic rings. The Morgan fingerprint density at radius 3 is 2.52 bits per heavy atom. The van der Waals surface area contributed by atoms with Gasteiger partial charge in [-0.15, -0.1) is 0 Å². The van der Waals surface area contributed by atoms with Crippen LogP contribution in [0.3, 0.4) is 0 Å². The monoisotopic (exact) mass is 311 g/mol. The van der Waals surface area contributed by atoms with Gasteiger partial charge >= 0.3 is 17.9 Å². The average molecular weight is 311 g/mol. The first-order valence-corrected chi connectivity index (χ1v) is 6.50. The highest BCUT2D eigenvalue weighted by Gasteiger charge is 2.25. The molecule has 1 heterocycles. The van der Waals surface area contributed by atoms with Gasteiger partial charge in [-0.1, -0.05) is 11.8 Å². The molecule has 110 valence electrons.